The fourth-order valence-corrected chi connectivity index (χ4v) is 5.08. The number of carbonyl (C=O) groups is 2. The van der Waals surface area contributed by atoms with Gasteiger partial charge in [0, 0.05) is 11.8 Å². The van der Waals surface area contributed by atoms with Gasteiger partial charge in [0.15, 0.2) is 20.8 Å². The van der Waals surface area contributed by atoms with Crippen LogP contribution in [0.1, 0.15) is 9.80 Å². The Morgan fingerprint density at radius 2 is 1.81 bits per heavy atom. The van der Waals surface area contributed by atoms with Gasteiger partial charge < -0.3 is 14.8 Å². The largest absolute Gasteiger partial charge is 0.493 e. The molecule has 9 nitrogen and oxygen atoms in total. The Kier molecular flexibility index (Phi) is 6.83. The van der Waals surface area contributed by atoms with Crippen LogP contribution >= 0.6 is 34.4 Å². The highest BCUT2D eigenvalue weighted by atomic mass is 32.2. The number of nitrogens with one attached hydrogen (secondary N) is 2. The van der Waals surface area contributed by atoms with Gasteiger partial charge in [-0.25, -0.2) is 4.98 Å². The number of fused-ring (bicyclic) bond motifs is 1. The van der Waals surface area contributed by atoms with Gasteiger partial charge in [0.05, 0.1) is 30.2 Å². The quantitative estimate of drug-likeness (QED) is 0.281. The summed E-state index contributed by atoms with van der Waals surface area (Å²) in [5.41, 5.74) is 1.37. The number of methoxy groups -OCH3 is 2. The average Bonchev–Trinajstić information content (AvgIpc) is 3.44. The van der Waals surface area contributed by atoms with Crippen LogP contribution < -0.4 is 20.1 Å². The Bertz CT molecular complexity index is 1240. The Morgan fingerprint density at radius 3 is 2.59 bits per heavy atom. The highest BCUT2D eigenvalue weighted by Crippen LogP contribution is 2.30. The van der Waals surface area contributed by atoms with Gasteiger partial charge in [0.2, 0.25) is 11.0 Å². The number of carbonyl (C=O) groups excluding carboxylic acids is 2. The van der Waals surface area contributed by atoms with Gasteiger partial charge >= 0.3 is 0 Å². The predicted octanol–water partition coefficient (Wildman–Crippen LogP) is 4.15. The first-order valence-electron chi connectivity index (χ1n) is 9.21. The van der Waals surface area contributed by atoms with Gasteiger partial charge in [0.25, 0.3) is 5.91 Å². The lowest BCUT2D eigenvalue weighted by Gasteiger charge is -2.10. The molecule has 0 aliphatic carbocycles. The van der Waals surface area contributed by atoms with E-state index in [2.05, 4.69) is 25.8 Å². The monoisotopic (exact) mass is 487 g/mol. The van der Waals surface area contributed by atoms with Crippen molar-refractivity contribution in [1.29, 1.82) is 0 Å². The second-order valence-corrected chi connectivity index (χ2v) is 9.45. The Hall–Kier alpha value is -3.22. The van der Waals surface area contributed by atoms with Crippen LogP contribution in [-0.4, -0.2) is 47.0 Å². The highest BCUT2D eigenvalue weighted by Gasteiger charge is 2.16. The number of hydrogen-bond acceptors (Lipinski definition) is 10. The lowest BCUT2D eigenvalue weighted by Crippen LogP contribution is -2.14. The molecule has 12 heteroatoms. The summed E-state index contributed by atoms with van der Waals surface area (Å²) < 4.78 is 11.9. The summed E-state index contributed by atoms with van der Waals surface area (Å²) >= 11 is 3.73. The lowest BCUT2D eigenvalue weighted by molar-refractivity contribution is -0.113. The topological polar surface area (TPSA) is 115 Å². The van der Waals surface area contributed by atoms with E-state index in [-0.39, 0.29) is 17.6 Å². The lowest BCUT2D eigenvalue weighted by atomic mass is 10.2. The van der Waals surface area contributed by atoms with Crippen molar-refractivity contribution in [2.75, 3.05) is 30.6 Å². The Morgan fingerprint density at radius 1 is 1.00 bits per heavy atom. The van der Waals surface area contributed by atoms with Crippen LogP contribution in [-0.2, 0) is 4.79 Å². The number of aromatic nitrogens is 3. The molecule has 4 aromatic rings. The van der Waals surface area contributed by atoms with E-state index < -0.39 is 0 Å². The maximum atomic E-state index is 12.4. The maximum absolute atomic E-state index is 12.4. The number of para-hydroxylation sites is 1. The zero-order valence-electron chi connectivity index (χ0n) is 16.9. The summed E-state index contributed by atoms with van der Waals surface area (Å²) in [7, 11) is 3.08. The van der Waals surface area contributed by atoms with E-state index in [9.17, 15) is 9.59 Å². The molecule has 2 heterocycles. The number of nitrogens with zero attached hydrogens (tertiary/aromatic N) is 3. The van der Waals surface area contributed by atoms with Gasteiger partial charge in [-0.2, -0.15) is 0 Å². The smallest absolute Gasteiger partial charge is 0.286 e. The SMILES string of the molecule is COc1ccc(NC(=O)CSc2nnc(NC(=O)c3nc4ccccc4s3)s2)cc1OC. The van der Waals surface area contributed by atoms with Crippen molar-refractivity contribution in [3.63, 3.8) is 0 Å². The zero-order valence-corrected chi connectivity index (χ0v) is 19.4. The Balaban J connectivity index is 1.31. The Labute approximate surface area is 195 Å². The third-order valence-electron chi connectivity index (χ3n) is 4.11. The first-order chi connectivity index (χ1) is 15.6. The molecule has 0 aliphatic heterocycles. The molecule has 2 N–H and O–H groups in total. The molecule has 32 heavy (non-hydrogen) atoms. The van der Waals surface area contributed by atoms with Crippen LogP contribution in [0.4, 0.5) is 10.8 Å². The standard InChI is InChI=1S/C20H17N5O4S3/c1-28-13-8-7-11(9-14(13)29-2)21-16(26)10-30-20-25-24-19(32-20)23-17(27)18-22-12-5-3-4-6-15(12)31-18/h3-9H,10H2,1-2H3,(H,21,26)(H,23,24,27). The minimum atomic E-state index is -0.343. The predicted molar refractivity (Wildman–Crippen MR) is 126 cm³/mol. The van der Waals surface area contributed by atoms with E-state index in [0.29, 0.717) is 31.7 Å². The second kappa shape index (κ2) is 9.94. The summed E-state index contributed by atoms with van der Waals surface area (Å²) in [6.45, 7) is 0. The molecular formula is C20H17N5O4S3. The number of ether oxygens (including phenoxy) is 2. The van der Waals surface area contributed by atoms with Gasteiger partial charge in [-0.3, -0.25) is 14.9 Å². The molecule has 2 aromatic heterocycles. The number of benzene rings is 2. The molecule has 0 aliphatic rings. The molecule has 0 bridgehead atoms. The van der Waals surface area contributed by atoms with Crippen molar-refractivity contribution in [3.05, 3.63) is 47.5 Å². The van der Waals surface area contributed by atoms with Crippen LogP contribution in [0.15, 0.2) is 46.8 Å². The molecule has 0 spiro atoms. The summed E-state index contributed by atoms with van der Waals surface area (Å²) in [6, 6.07) is 12.7. The molecule has 2 amide bonds. The molecule has 0 unspecified atom stereocenters. The highest BCUT2D eigenvalue weighted by molar-refractivity contribution is 8.01. The second-order valence-electron chi connectivity index (χ2n) is 6.22. The molecule has 0 saturated heterocycles. The number of thioether (sulfide) groups is 1. The van der Waals surface area contributed by atoms with Crippen molar-refractivity contribution in [2.45, 2.75) is 4.34 Å². The van der Waals surface area contributed by atoms with Crippen molar-refractivity contribution in [3.8, 4) is 11.5 Å². The van der Waals surface area contributed by atoms with Crippen LogP contribution in [0.25, 0.3) is 10.2 Å². The number of rotatable bonds is 8. The molecule has 0 atom stereocenters. The van der Waals surface area contributed by atoms with Crippen molar-refractivity contribution < 1.29 is 19.1 Å². The molecule has 164 valence electrons. The summed E-state index contributed by atoms with van der Waals surface area (Å²) in [5.74, 6) is 0.682. The van der Waals surface area contributed by atoms with Crippen molar-refractivity contribution in [2.24, 2.45) is 0 Å². The normalized spacial score (nSPS) is 10.7. The van der Waals surface area contributed by atoms with E-state index >= 15 is 0 Å². The number of hydrogen-bond donors (Lipinski definition) is 2. The molecule has 0 fully saturated rings. The van der Waals surface area contributed by atoms with Crippen LogP contribution in [0, 0.1) is 0 Å². The maximum Gasteiger partial charge on any atom is 0.286 e. The number of amides is 2. The third-order valence-corrected chi connectivity index (χ3v) is 7.12. The zero-order chi connectivity index (χ0) is 22.5. The van der Waals surface area contributed by atoms with E-state index in [0.717, 1.165) is 10.2 Å². The van der Waals surface area contributed by atoms with Crippen molar-refractivity contribution in [1.82, 2.24) is 15.2 Å². The fraction of sp³-hybridized carbons (Fsp3) is 0.150. The van der Waals surface area contributed by atoms with E-state index in [1.54, 1.807) is 25.3 Å². The molecule has 2 aromatic carbocycles. The van der Waals surface area contributed by atoms with Crippen LogP contribution in [0.5, 0.6) is 11.5 Å². The fourth-order valence-electron chi connectivity index (χ4n) is 2.68. The number of thiazole rings is 1. The molecule has 0 radical (unpaired) electrons. The van der Waals surface area contributed by atoms with Crippen molar-refractivity contribution >= 4 is 67.3 Å². The summed E-state index contributed by atoms with van der Waals surface area (Å²) in [4.78, 5) is 29.0. The summed E-state index contributed by atoms with van der Waals surface area (Å²) in [5, 5.41) is 14.2. The van der Waals surface area contributed by atoms with E-state index in [4.69, 9.17) is 9.47 Å². The van der Waals surface area contributed by atoms with Gasteiger partial charge in [-0.15, -0.1) is 21.5 Å². The van der Waals surface area contributed by atoms with Gasteiger partial charge in [-0.1, -0.05) is 35.2 Å². The third kappa shape index (κ3) is 5.15. The minimum Gasteiger partial charge on any atom is -0.493 e. The average molecular weight is 488 g/mol. The number of anilines is 2. The molecule has 4 rings (SSSR count). The molecule has 0 saturated carbocycles. The summed E-state index contributed by atoms with van der Waals surface area (Å²) in [6.07, 6.45) is 0. The first-order valence-corrected chi connectivity index (χ1v) is 11.8. The van der Waals surface area contributed by atoms with Gasteiger partial charge in [0.1, 0.15) is 0 Å². The minimum absolute atomic E-state index is 0.134. The van der Waals surface area contributed by atoms with Gasteiger partial charge in [-0.05, 0) is 24.3 Å². The first kappa shape index (κ1) is 22.0. The van der Waals surface area contributed by atoms with E-state index in [1.165, 1.54) is 41.5 Å². The molecular weight excluding hydrogens is 470 g/mol. The van der Waals surface area contributed by atoms with E-state index in [1.807, 2.05) is 24.3 Å². The van der Waals surface area contributed by atoms with Crippen LogP contribution in [0.2, 0.25) is 0 Å². The van der Waals surface area contributed by atoms with Crippen LogP contribution in [0.3, 0.4) is 0 Å².